The van der Waals surface area contributed by atoms with Crippen molar-refractivity contribution in [3.8, 4) is 11.5 Å². The highest BCUT2D eigenvalue weighted by atomic mass is 35.5. The Labute approximate surface area is 107 Å². The largest absolute Gasteiger partial charge is 0.493 e. The Balaban J connectivity index is 2.31. The maximum atomic E-state index is 6.17. The minimum atomic E-state index is -0.174. The lowest BCUT2D eigenvalue weighted by molar-refractivity contribution is 0.276. The molecule has 1 aliphatic carbocycles. The second-order valence-corrected chi connectivity index (χ2v) is 4.94. The van der Waals surface area contributed by atoms with Crippen LogP contribution in [0.3, 0.4) is 0 Å². The molecular weight excluding hydrogens is 238 g/mol. The lowest BCUT2D eigenvalue weighted by Gasteiger charge is -2.18. The van der Waals surface area contributed by atoms with Gasteiger partial charge in [0.2, 0.25) is 0 Å². The zero-order valence-electron chi connectivity index (χ0n) is 10.2. The van der Waals surface area contributed by atoms with Crippen LogP contribution >= 0.6 is 11.6 Å². The Bertz CT molecular complexity index is 403. The summed E-state index contributed by atoms with van der Waals surface area (Å²) in [7, 11) is 1.62. The van der Waals surface area contributed by atoms with E-state index in [0.717, 1.165) is 12.2 Å². The smallest absolute Gasteiger partial charge is 0.167 e. The third kappa shape index (κ3) is 2.85. The molecule has 2 rings (SSSR count). The lowest BCUT2D eigenvalue weighted by Crippen LogP contribution is -2.11. The molecule has 0 bridgehead atoms. The topological polar surface area (TPSA) is 44.5 Å². The molecule has 0 saturated heterocycles. The van der Waals surface area contributed by atoms with Crippen molar-refractivity contribution in [3.05, 3.63) is 22.7 Å². The first-order valence-corrected chi connectivity index (χ1v) is 6.26. The summed E-state index contributed by atoms with van der Waals surface area (Å²) in [4.78, 5) is 0. The highest BCUT2D eigenvalue weighted by Crippen LogP contribution is 2.40. The molecule has 1 aliphatic rings. The molecule has 17 heavy (non-hydrogen) atoms. The van der Waals surface area contributed by atoms with E-state index in [0.29, 0.717) is 22.4 Å². The number of methoxy groups -OCH3 is 1. The minimum absolute atomic E-state index is 0.174. The number of benzene rings is 1. The first-order valence-electron chi connectivity index (χ1n) is 5.88. The molecule has 94 valence electrons. The number of ether oxygens (including phenoxy) is 2. The third-order valence-corrected chi connectivity index (χ3v) is 3.27. The first-order chi connectivity index (χ1) is 8.13. The van der Waals surface area contributed by atoms with Crippen LogP contribution in [0.1, 0.15) is 31.4 Å². The molecule has 1 unspecified atom stereocenters. The van der Waals surface area contributed by atoms with E-state index in [4.69, 9.17) is 26.8 Å². The predicted molar refractivity (Wildman–Crippen MR) is 68.8 cm³/mol. The fourth-order valence-corrected chi connectivity index (χ4v) is 2.10. The van der Waals surface area contributed by atoms with Crippen molar-refractivity contribution in [2.24, 2.45) is 11.7 Å². The number of rotatable bonds is 5. The Hall–Kier alpha value is -0.930. The van der Waals surface area contributed by atoms with E-state index in [1.54, 1.807) is 13.2 Å². The van der Waals surface area contributed by atoms with E-state index < -0.39 is 0 Å². The van der Waals surface area contributed by atoms with Crippen LogP contribution in [-0.4, -0.2) is 13.7 Å². The van der Waals surface area contributed by atoms with Crippen LogP contribution in [0.4, 0.5) is 0 Å². The molecule has 1 atom stereocenters. The van der Waals surface area contributed by atoms with Gasteiger partial charge in [0, 0.05) is 16.6 Å². The van der Waals surface area contributed by atoms with E-state index in [9.17, 15) is 0 Å². The molecule has 2 N–H and O–H groups in total. The van der Waals surface area contributed by atoms with E-state index in [2.05, 4.69) is 0 Å². The summed E-state index contributed by atoms with van der Waals surface area (Å²) < 4.78 is 11.1. The van der Waals surface area contributed by atoms with E-state index >= 15 is 0 Å². The van der Waals surface area contributed by atoms with Crippen molar-refractivity contribution in [2.45, 2.75) is 25.8 Å². The average molecular weight is 256 g/mol. The fourth-order valence-electron chi connectivity index (χ4n) is 1.78. The van der Waals surface area contributed by atoms with Crippen molar-refractivity contribution in [3.63, 3.8) is 0 Å². The van der Waals surface area contributed by atoms with Gasteiger partial charge in [-0.1, -0.05) is 11.6 Å². The maximum Gasteiger partial charge on any atom is 0.167 e. The van der Waals surface area contributed by atoms with Crippen LogP contribution < -0.4 is 15.2 Å². The number of halogens is 1. The number of nitrogens with two attached hydrogens (primary N) is 1. The average Bonchev–Trinajstić information content (AvgIpc) is 3.09. The maximum absolute atomic E-state index is 6.17. The Morgan fingerprint density at radius 3 is 2.71 bits per heavy atom. The monoisotopic (exact) mass is 255 g/mol. The van der Waals surface area contributed by atoms with Crippen LogP contribution in [0.15, 0.2) is 12.1 Å². The molecule has 0 heterocycles. The van der Waals surface area contributed by atoms with Gasteiger partial charge >= 0.3 is 0 Å². The van der Waals surface area contributed by atoms with E-state index in [-0.39, 0.29) is 6.04 Å². The highest BCUT2D eigenvalue weighted by molar-refractivity contribution is 6.31. The second-order valence-electron chi connectivity index (χ2n) is 4.54. The van der Waals surface area contributed by atoms with Crippen LogP contribution in [0, 0.1) is 5.92 Å². The molecule has 0 radical (unpaired) electrons. The Morgan fingerprint density at radius 2 is 2.18 bits per heavy atom. The van der Waals surface area contributed by atoms with Crippen LogP contribution in [0.25, 0.3) is 0 Å². The summed E-state index contributed by atoms with van der Waals surface area (Å²) in [5.41, 5.74) is 6.77. The van der Waals surface area contributed by atoms with E-state index in [1.807, 2.05) is 13.0 Å². The molecule has 0 amide bonds. The van der Waals surface area contributed by atoms with Gasteiger partial charge in [0.1, 0.15) is 0 Å². The molecule has 4 heteroatoms. The van der Waals surface area contributed by atoms with Gasteiger partial charge in [-0.3, -0.25) is 0 Å². The van der Waals surface area contributed by atoms with Gasteiger partial charge in [-0.25, -0.2) is 0 Å². The number of hydrogen-bond acceptors (Lipinski definition) is 3. The summed E-state index contributed by atoms with van der Waals surface area (Å²) in [6, 6.07) is 3.44. The molecule has 0 spiro atoms. The Kier molecular flexibility index (Phi) is 3.79. The first kappa shape index (κ1) is 12.5. The molecule has 0 aliphatic heterocycles. The predicted octanol–water partition coefficient (Wildman–Crippen LogP) is 3.16. The highest BCUT2D eigenvalue weighted by Gasteiger charge is 2.24. The quantitative estimate of drug-likeness (QED) is 0.879. The molecule has 1 saturated carbocycles. The Morgan fingerprint density at radius 1 is 1.47 bits per heavy atom. The SMILES string of the molecule is COc1ccc(Cl)c(C(C)N)c1OCC1CC1. The van der Waals surface area contributed by atoms with E-state index in [1.165, 1.54) is 12.8 Å². The normalized spacial score (nSPS) is 16.7. The van der Waals surface area contributed by atoms with Crippen molar-refractivity contribution in [2.75, 3.05) is 13.7 Å². The lowest BCUT2D eigenvalue weighted by atomic mass is 10.1. The summed E-state index contributed by atoms with van der Waals surface area (Å²) in [6.07, 6.45) is 2.49. The number of hydrogen-bond donors (Lipinski definition) is 1. The van der Waals surface area contributed by atoms with Crippen molar-refractivity contribution in [1.29, 1.82) is 0 Å². The minimum Gasteiger partial charge on any atom is -0.493 e. The molecule has 0 aromatic heterocycles. The molecule has 1 aromatic carbocycles. The molecule has 3 nitrogen and oxygen atoms in total. The van der Waals surface area contributed by atoms with Gasteiger partial charge in [0.15, 0.2) is 11.5 Å². The third-order valence-electron chi connectivity index (χ3n) is 2.94. The van der Waals surface area contributed by atoms with Crippen LogP contribution in [-0.2, 0) is 0 Å². The molecular formula is C13H18ClNO2. The van der Waals surface area contributed by atoms with Crippen molar-refractivity contribution >= 4 is 11.6 Å². The van der Waals surface area contributed by atoms with Crippen LogP contribution in [0.5, 0.6) is 11.5 Å². The van der Waals surface area contributed by atoms with Gasteiger partial charge in [-0.05, 0) is 37.8 Å². The van der Waals surface area contributed by atoms with Crippen molar-refractivity contribution < 1.29 is 9.47 Å². The second kappa shape index (κ2) is 5.15. The molecule has 1 fully saturated rings. The van der Waals surface area contributed by atoms with Gasteiger partial charge in [-0.15, -0.1) is 0 Å². The summed E-state index contributed by atoms with van der Waals surface area (Å²) in [5, 5.41) is 0.631. The summed E-state index contributed by atoms with van der Waals surface area (Å²) in [5.74, 6) is 2.07. The van der Waals surface area contributed by atoms with Gasteiger partial charge in [0.25, 0.3) is 0 Å². The summed E-state index contributed by atoms with van der Waals surface area (Å²) >= 11 is 6.17. The fraction of sp³-hybridized carbons (Fsp3) is 0.538. The van der Waals surface area contributed by atoms with Gasteiger partial charge in [0.05, 0.1) is 13.7 Å². The summed E-state index contributed by atoms with van der Waals surface area (Å²) in [6.45, 7) is 2.61. The van der Waals surface area contributed by atoms with Crippen molar-refractivity contribution in [1.82, 2.24) is 0 Å². The zero-order chi connectivity index (χ0) is 12.4. The standard InChI is InChI=1S/C13H18ClNO2/c1-8(15)12-10(14)5-6-11(16-2)13(12)17-7-9-3-4-9/h5-6,8-9H,3-4,7,15H2,1-2H3. The van der Waals surface area contributed by atoms with Gasteiger partial charge in [-0.2, -0.15) is 0 Å². The zero-order valence-corrected chi connectivity index (χ0v) is 11.0. The van der Waals surface area contributed by atoms with Crippen LogP contribution in [0.2, 0.25) is 5.02 Å². The van der Waals surface area contributed by atoms with Gasteiger partial charge < -0.3 is 15.2 Å². The molecule has 1 aromatic rings.